The Balaban J connectivity index is 2.48. The Labute approximate surface area is 108 Å². The molecule has 2 rings (SSSR count). The second-order valence-electron chi connectivity index (χ2n) is 3.50. The number of carbonyl (C=O) groups excluding carboxylic acids is 1. The molecule has 0 fully saturated rings. The summed E-state index contributed by atoms with van der Waals surface area (Å²) in [5.74, 6) is 0.286. The van der Waals surface area contributed by atoms with Gasteiger partial charge in [-0.05, 0) is 31.2 Å². The maximum atomic E-state index is 12.0. The fraction of sp³-hybridized carbons (Fsp3) is 0.0833. The minimum absolute atomic E-state index is 0.0192. The zero-order valence-electron chi connectivity index (χ0n) is 8.83. The van der Waals surface area contributed by atoms with Gasteiger partial charge in [0.15, 0.2) is 5.76 Å². The van der Waals surface area contributed by atoms with E-state index in [2.05, 4.69) is 0 Å². The van der Waals surface area contributed by atoms with Crippen molar-refractivity contribution >= 4 is 29.0 Å². The van der Waals surface area contributed by atoms with Gasteiger partial charge in [-0.2, -0.15) is 0 Å². The van der Waals surface area contributed by atoms with Gasteiger partial charge in [-0.3, -0.25) is 4.79 Å². The first kappa shape index (κ1) is 12.0. The smallest absolute Gasteiger partial charge is 0.229 e. The number of hydrogen-bond acceptors (Lipinski definition) is 3. The lowest BCUT2D eigenvalue weighted by Crippen LogP contribution is -2.00. The van der Waals surface area contributed by atoms with Crippen LogP contribution >= 0.6 is 23.2 Å². The second kappa shape index (κ2) is 4.43. The van der Waals surface area contributed by atoms with E-state index in [1.165, 1.54) is 12.1 Å². The van der Waals surface area contributed by atoms with Crippen molar-refractivity contribution in [3.05, 3.63) is 51.4 Å². The predicted octanol–water partition coefficient (Wildman–Crippen LogP) is 3.83. The summed E-state index contributed by atoms with van der Waals surface area (Å²) in [7, 11) is 0. The third-order valence-electron chi connectivity index (χ3n) is 2.27. The summed E-state index contributed by atoms with van der Waals surface area (Å²) in [6.45, 7) is 1.74. The van der Waals surface area contributed by atoms with Crippen LogP contribution in [0.1, 0.15) is 21.9 Å². The summed E-state index contributed by atoms with van der Waals surface area (Å²) in [5.41, 5.74) is 0.198. The lowest BCUT2D eigenvalue weighted by Gasteiger charge is -2.04. The molecule has 1 aromatic carbocycles. The fourth-order valence-electron chi connectivity index (χ4n) is 1.40. The average molecular weight is 271 g/mol. The molecule has 0 saturated heterocycles. The van der Waals surface area contributed by atoms with Gasteiger partial charge in [0.05, 0.1) is 5.02 Å². The molecule has 0 aliphatic carbocycles. The topological polar surface area (TPSA) is 50.4 Å². The summed E-state index contributed by atoms with van der Waals surface area (Å²) >= 11 is 11.7. The van der Waals surface area contributed by atoms with E-state index in [4.69, 9.17) is 27.6 Å². The number of halogens is 2. The van der Waals surface area contributed by atoms with E-state index in [-0.39, 0.29) is 32.9 Å². The van der Waals surface area contributed by atoms with Crippen LogP contribution in [0.4, 0.5) is 0 Å². The molecule has 1 N–H and O–H groups in total. The van der Waals surface area contributed by atoms with Crippen molar-refractivity contribution in [1.82, 2.24) is 0 Å². The Morgan fingerprint density at radius 3 is 2.47 bits per heavy atom. The molecule has 17 heavy (non-hydrogen) atoms. The third-order valence-corrected chi connectivity index (χ3v) is 3.14. The first-order chi connectivity index (χ1) is 8.00. The van der Waals surface area contributed by atoms with E-state index < -0.39 is 0 Å². The van der Waals surface area contributed by atoms with Crippen molar-refractivity contribution in [2.24, 2.45) is 0 Å². The van der Waals surface area contributed by atoms with Gasteiger partial charge in [0.25, 0.3) is 0 Å². The van der Waals surface area contributed by atoms with Crippen molar-refractivity contribution in [3.63, 3.8) is 0 Å². The maximum Gasteiger partial charge on any atom is 0.229 e. The van der Waals surface area contributed by atoms with E-state index in [0.717, 1.165) is 0 Å². The van der Waals surface area contributed by atoms with Crippen LogP contribution in [0.25, 0.3) is 0 Å². The minimum Gasteiger partial charge on any atom is -0.506 e. The molecule has 0 radical (unpaired) electrons. The minimum atomic E-state index is -0.370. The molecule has 2 aromatic rings. The van der Waals surface area contributed by atoms with Gasteiger partial charge in [-0.25, -0.2) is 0 Å². The predicted molar refractivity (Wildman–Crippen MR) is 65.0 cm³/mol. The SMILES string of the molecule is Cc1ccc(C(=O)c2ccc(O)c(Cl)c2Cl)o1. The van der Waals surface area contributed by atoms with Crippen molar-refractivity contribution in [1.29, 1.82) is 0 Å². The number of aryl methyl sites for hydroxylation is 1. The summed E-state index contributed by atoms with van der Waals surface area (Å²) in [5, 5.41) is 9.31. The van der Waals surface area contributed by atoms with Gasteiger partial charge in [0.2, 0.25) is 5.78 Å². The maximum absolute atomic E-state index is 12.0. The molecule has 88 valence electrons. The van der Waals surface area contributed by atoms with Gasteiger partial charge in [0.1, 0.15) is 16.5 Å². The zero-order valence-corrected chi connectivity index (χ0v) is 10.3. The number of ketones is 1. The van der Waals surface area contributed by atoms with Crippen LogP contribution in [-0.4, -0.2) is 10.9 Å². The molecule has 1 heterocycles. The highest BCUT2D eigenvalue weighted by Gasteiger charge is 2.19. The van der Waals surface area contributed by atoms with Crippen LogP contribution in [0, 0.1) is 6.92 Å². The lowest BCUT2D eigenvalue weighted by atomic mass is 10.1. The molecule has 0 aliphatic heterocycles. The molecule has 0 aliphatic rings. The Hall–Kier alpha value is -1.45. The van der Waals surface area contributed by atoms with Crippen LogP contribution in [0.2, 0.25) is 10.0 Å². The third kappa shape index (κ3) is 2.16. The Bertz CT molecular complexity index is 587. The highest BCUT2D eigenvalue weighted by atomic mass is 35.5. The lowest BCUT2D eigenvalue weighted by molar-refractivity contribution is 0.101. The van der Waals surface area contributed by atoms with Gasteiger partial charge in [-0.15, -0.1) is 0 Å². The van der Waals surface area contributed by atoms with Crippen molar-refractivity contribution in [3.8, 4) is 5.75 Å². The van der Waals surface area contributed by atoms with Crippen molar-refractivity contribution in [2.75, 3.05) is 0 Å². The highest BCUT2D eigenvalue weighted by Crippen LogP contribution is 2.34. The van der Waals surface area contributed by atoms with Gasteiger partial charge >= 0.3 is 0 Å². The van der Waals surface area contributed by atoms with Gasteiger partial charge in [0, 0.05) is 5.56 Å². The van der Waals surface area contributed by atoms with Crippen LogP contribution in [0.5, 0.6) is 5.75 Å². The van der Waals surface area contributed by atoms with Crippen LogP contribution < -0.4 is 0 Å². The molecule has 0 unspecified atom stereocenters. The standard InChI is InChI=1S/C12H8Cl2O3/c1-6-2-5-9(17-6)12(16)7-3-4-8(15)11(14)10(7)13/h2-5,15H,1H3. The second-order valence-corrected chi connectivity index (χ2v) is 4.26. The molecule has 0 bridgehead atoms. The molecule has 0 amide bonds. The quantitative estimate of drug-likeness (QED) is 0.844. The normalized spacial score (nSPS) is 10.5. The summed E-state index contributed by atoms with van der Waals surface area (Å²) in [4.78, 5) is 12.0. The Morgan fingerprint density at radius 2 is 1.88 bits per heavy atom. The number of aromatic hydroxyl groups is 1. The van der Waals surface area contributed by atoms with E-state index in [9.17, 15) is 9.90 Å². The van der Waals surface area contributed by atoms with Gasteiger partial charge in [-0.1, -0.05) is 23.2 Å². The molecular weight excluding hydrogens is 263 g/mol. The summed E-state index contributed by atoms with van der Waals surface area (Å²) < 4.78 is 5.21. The number of furan rings is 1. The zero-order chi connectivity index (χ0) is 12.6. The van der Waals surface area contributed by atoms with Crippen molar-refractivity contribution in [2.45, 2.75) is 6.92 Å². The Kier molecular flexibility index (Phi) is 3.13. The number of phenolic OH excluding ortho intramolecular Hbond substituents is 1. The Morgan fingerprint density at radius 1 is 1.18 bits per heavy atom. The van der Waals surface area contributed by atoms with E-state index in [1.807, 2.05) is 0 Å². The number of hydrogen-bond donors (Lipinski definition) is 1. The van der Waals surface area contributed by atoms with Crippen molar-refractivity contribution < 1.29 is 14.3 Å². The monoisotopic (exact) mass is 270 g/mol. The number of benzene rings is 1. The largest absolute Gasteiger partial charge is 0.506 e. The number of carbonyl (C=O) groups is 1. The summed E-state index contributed by atoms with van der Waals surface area (Å²) in [6, 6.07) is 5.97. The molecule has 0 spiro atoms. The number of phenols is 1. The van der Waals surface area contributed by atoms with Crippen LogP contribution in [0.15, 0.2) is 28.7 Å². The molecule has 0 atom stereocenters. The van der Waals surface area contributed by atoms with Gasteiger partial charge < -0.3 is 9.52 Å². The molecular formula is C12H8Cl2O3. The first-order valence-electron chi connectivity index (χ1n) is 4.79. The molecule has 0 saturated carbocycles. The molecule has 3 nitrogen and oxygen atoms in total. The first-order valence-corrected chi connectivity index (χ1v) is 5.54. The fourth-order valence-corrected chi connectivity index (χ4v) is 1.81. The summed E-state index contributed by atoms with van der Waals surface area (Å²) in [6.07, 6.45) is 0. The van der Waals surface area contributed by atoms with E-state index in [1.54, 1.807) is 19.1 Å². The highest BCUT2D eigenvalue weighted by molar-refractivity contribution is 6.45. The van der Waals surface area contributed by atoms with Crippen LogP contribution in [0.3, 0.4) is 0 Å². The van der Waals surface area contributed by atoms with Crippen LogP contribution in [-0.2, 0) is 0 Å². The van der Waals surface area contributed by atoms with E-state index in [0.29, 0.717) is 5.76 Å². The molecule has 5 heteroatoms. The van der Waals surface area contributed by atoms with E-state index >= 15 is 0 Å². The molecule has 1 aromatic heterocycles. The average Bonchev–Trinajstić information content (AvgIpc) is 2.72. The number of rotatable bonds is 2.